The van der Waals surface area contributed by atoms with Gasteiger partial charge in [-0.3, -0.25) is 4.79 Å². The van der Waals surface area contributed by atoms with Crippen LogP contribution in [0.1, 0.15) is 28.9 Å². The molecule has 1 aliphatic rings. The molecule has 0 radical (unpaired) electrons. The van der Waals surface area contributed by atoms with Gasteiger partial charge in [-0.15, -0.1) is 0 Å². The van der Waals surface area contributed by atoms with Crippen molar-refractivity contribution in [2.24, 2.45) is 5.41 Å². The van der Waals surface area contributed by atoms with Crippen molar-refractivity contribution in [1.82, 2.24) is 20.4 Å². The van der Waals surface area contributed by atoms with Gasteiger partial charge in [0, 0.05) is 19.1 Å². The van der Waals surface area contributed by atoms with Crippen molar-refractivity contribution in [3.63, 3.8) is 0 Å². The molecule has 1 saturated heterocycles. The molecule has 26 heavy (non-hydrogen) atoms. The van der Waals surface area contributed by atoms with Crippen LogP contribution < -0.4 is 10.6 Å². The Kier molecular flexibility index (Phi) is 5.68. The summed E-state index contributed by atoms with van der Waals surface area (Å²) in [7, 11) is 1.69. The average Bonchev–Trinajstić information content (AvgIpc) is 3.03. The maximum Gasteiger partial charge on any atom is 0.254 e. The van der Waals surface area contributed by atoms with E-state index >= 15 is 0 Å². The van der Waals surface area contributed by atoms with Crippen LogP contribution in [0.2, 0.25) is 0 Å². The summed E-state index contributed by atoms with van der Waals surface area (Å²) >= 11 is 0. The van der Waals surface area contributed by atoms with Gasteiger partial charge in [-0.2, -0.15) is 5.10 Å². The molecule has 0 aliphatic carbocycles. The Balaban J connectivity index is 1.73. The summed E-state index contributed by atoms with van der Waals surface area (Å²) in [5.74, 6) is -0.571. The van der Waals surface area contributed by atoms with Gasteiger partial charge in [-0.1, -0.05) is 12.1 Å². The lowest BCUT2D eigenvalue weighted by Crippen LogP contribution is -2.47. The number of ether oxygens (including phenoxy) is 1. The van der Waals surface area contributed by atoms with Crippen LogP contribution in [0.4, 0.5) is 4.39 Å². The maximum absolute atomic E-state index is 14.0. The van der Waals surface area contributed by atoms with Crippen LogP contribution in [-0.2, 0) is 4.74 Å². The van der Waals surface area contributed by atoms with Gasteiger partial charge in [0.25, 0.3) is 5.91 Å². The zero-order chi connectivity index (χ0) is 18.6. The summed E-state index contributed by atoms with van der Waals surface area (Å²) in [5, 5.41) is 10.6. The molecule has 6 nitrogen and oxygen atoms in total. The Bertz CT molecular complexity index is 763. The number of halogens is 1. The van der Waals surface area contributed by atoms with E-state index in [4.69, 9.17) is 4.74 Å². The van der Waals surface area contributed by atoms with Crippen molar-refractivity contribution in [2.45, 2.75) is 19.8 Å². The number of hydrogen-bond donors (Lipinski definition) is 2. The normalized spacial score (nSPS) is 16.4. The summed E-state index contributed by atoms with van der Waals surface area (Å²) < 4.78 is 20.9. The number of rotatable bonds is 6. The van der Waals surface area contributed by atoms with Gasteiger partial charge in [-0.25, -0.2) is 9.07 Å². The van der Waals surface area contributed by atoms with Gasteiger partial charge in [-0.05, 0) is 45.0 Å². The first-order valence-electron chi connectivity index (χ1n) is 8.84. The van der Waals surface area contributed by atoms with E-state index in [-0.39, 0.29) is 17.1 Å². The molecule has 140 valence electrons. The Morgan fingerprint density at radius 1 is 1.38 bits per heavy atom. The Hall–Kier alpha value is -2.25. The fourth-order valence-corrected chi connectivity index (χ4v) is 3.50. The molecule has 2 N–H and O–H groups in total. The highest BCUT2D eigenvalue weighted by molar-refractivity contribution is 5.95. The summed E-state index contributed by atoms with van der Waals surface area (Å²) in [4.78, 5) is 12.7. The minimum atomic E-state index is -0.376. The first-order valence-corrected chi connectivity index (χ1v) is 8.84. The molecule has 1 fully saturated rings. The number of hydrogen-bond acceptors (Lipinski definition) is 4. The van der Waals surface area contributed by atoms with Gasteiger partial charge < -0.3 is 15.4 Å². The summed E-state index contributed by atoms with van der Waals surface area (Å²) in [6, 6.07) is 6.38. The molecule has 1 aromatic heterocycles. The number of amides is 1. The second kappa shape index (κ2) is 7.97. The van der Waals surface area contributed by atoms with Crippen molar-refractivity contribution in [2.75, 3.05) is 33.4 Å². The number of benzene rings is 1. The van der Waals surface area contributed by atoms with Crippen molar-refractivity contribution in [1.29, 1.82) is 0 Å². The predicted molar refractivity (Wildman–Crippen MR) is 97.0 cm³/mol. The van der Waals surface area contributed by atoms with Crippen molar-refractivity contribution in [3.8, 4) is 5.69 Å². The molecule has 0 unspecified atom stereocenters. The number of aromatic nitrogens is 2. The summed E-state index contributed by atoms with van der Waals surface area (Å²) in [6.45, 7) is 4.77. The van der Waals surface area contributed by atoms with E-state index in [1.807, 2.05) is 0 Å². The fourth-order valence-electron chi connectivity index (χ4n) is 3.50. The minimum absolute atomic E-state index is 0.0505. The first kappa shape index (κ1) is 18.5. The van der Waals surface area contributed by atoms with Gasteiger partial charge in [0.2, 0.25) is 0 Å². The number of carbonyl (C=O) groups excluding carboxylic acids is 1. The van der Waals surface area contributed by atoms with Crippen molar-refractivity contribution >= 4 is 5.91 Å². The quantitative estimate of drug-likeness (QED) is 0.828. The number of carbonyl (C=O) groups is 1. The highest BCUT2D eigenvalue weighted by atomic mass is 19.1. The van der Waals surface area contributed by atoms with E-state index in [0.717, 1.165) is 25.9 Å². The highest BCUT2D eigenvalue weighted by Crippen LogP contribution is 2.28. The number of nitrogens with one attached hydrogen (secondary N) is 2. The van der Waals surface area contributed by atoms with Crippen LogP contribution in [-0.4, -0.2) is 49.0 Å². The Morgan fingerprint density at radius 2 is 2.12 bits per heavy atom. The van der Waals surface area contributed by atoms with Crippen molar-refractivity contribution in [3.05, 3.63) is 47.5 Å². The third kappa shape index (κ3) is 3.78. The van der Waals surface area contributed by atoms with E-state index in [0.29, 0.717) is 30.1 Å². The SMILES string of the molecule is COCC1(CNC(=O)c2cnn(-c3ccccc3F)c2C)CCNCC1. The van der Waals surface area contributed by atoms with E-state index in [9.17, 15) is 9.18 Å². The molecule has 1 aromatic carbocycles. The van der Waals surface area contributed by atoms with Crippen LogP contribution in [0.15, 0.2) is 30.5 Å². The molecule has 0 bridgehead atoms. The van der Waals surface area contributed by atoms with E-state index in [1.165, 1.54) is 16.9 Å². The van der Waals surface area contributed by atoms with Gasteiger partial charge in [0.1, 0.15) is 11.5 Å². The Labute approximate surface area is 152 Å². The molecule has 2 heterocycles. The van der Waals surface area contributed by atoms with Crippen LogP contribution in [0.3, 0.4) is 0 Å². The predicted octanol–water partition coefficient (Wildman–Crippen LogP) is 2.07. The highest BCUT2D eigenvalue weighted by Gasteiger charge is 2.33. The van der Waals surface area contributed by atoms with Gasteiger partial charge in [0.15, 0.2) is 0 Å². The summed E-state index contributed by atoms with van der Waals surface area (Å²) in [5.41, 5.74) is 1.34. The third-order valence-electron chi connectivity index (χ3n) is 5.07. The molecule has 0 saturated carbocycles. The topological polar surface area (TPSA) is 68.2 Å². The molecule has 7 heteroatoms. The van der Waals surface area contributed by atoms with Crippen LogP contribution >= 0.6 is 0 Å². The lowest BCUT2D eigenvalue weighted by atomic mass is 9.79. The van der Waals surface area contributed by atoms with E-state index in [2.05, 4.69) is 15.7 Å². The minimum Gasteiger partial charge on any atom is -0.384 e. The Morgan fingerprint density at radius 3 is 2.81 bits per heavy atom. The second-order valence-corrected chi connectivity index (χ2v) is 6.87. The maximum atomic E-state index is 14.0. The van der Waals surface area contributed by atoms with Crippen LogP contribution in [0.25, 0.3) is 5.69 Å². The van der Waals surface area contributed by atoms with Crippen LogP contribution in [0.5, 0.6) is 0 Å². The first-order chi connectivity index (χ1) is 12.6. The van der Waals surface area contributed by atoms with Gasteiger partial charge >= 0.3 is 0 Å². The lowest BCUT2D eigenvalue weighted by Gasteiger charge is -2.37. The largest absolute Gasteiger partial charge is 0.384 e. The van der Waals surface area contributed by atoms with Gasteiger partial charge in [0.05, 0.1) is 24.1 Å². The number of piperidine rings is 1. The number of para-hydroxylation sites is 1. The summed E-state index contributed by atoms with van der Waals surface area (Å²) in [6.07, 6.45) is 3.39. The van der Waals surface area contributed by atoms with E-state index in [1.54, 1.807) is 32.2 Å². The lowest BCUT2D eigenvalue weighted by molar-refractivity contribution is 0.0511. The molecular weight excluding hydrogens is 335 g/mol. The second-order valence-electron chi connectivity index (χ2n) is 6.87. The molecule has 2 aromatic rings. The molecule has 1 aliphatic heterocycles. The van der Waals surface area contributed by atoms with Crippen LogP contribution in [0, 0.1) is 18.2 Å². The smallest absolute Gasteiger partial charge is 0.254 e. The molecule has 1 amide bonds. The number of nitrogens with zero attached hydrogens (tertiary/aromatic N) is 2. The molecular formula is C19H25FN4O2. The molecule has 0 spiro atoms. The molecule has 3 rings (SSSR count). The average molecular weight is 360 g/mol. The van der Waals surface area contributed by atoms with Crippen molar-refractivity contribution < 1.29 is 13.9 Å². The standard InChI is InChI=1S/C19H25FN4O2/c1-14-15(11-23-24(14)17-6-4-3-5-16(17)20)18(25)22-12-19(13-26-2)7-9-21-10-8-19/h3-6,11,21H,7-10,12-13H2,1-2H3,(H,22,25). The zero-order valence-corrected chi connectivity index (χ0v) is 15.2. The van der Waals surface area contributed by atoms with E-state index < -0.39 is 0 Å². The molecule has 0 atom stereocenters. The fraction of sp³-hybridized carbons (Fsp3) is 0.474. The monoisotopic (exact) mass is 360 g/mol. The zero-order valence-electron chi connectivity index (χ0n) is 15.2. The third-order valence-corrected chi connectivity index (χ3v) is 5.07. The number of methoxy groups -OCH3 is 1.